The van der Waals surface area contributed by atoms with Crippen molar-refractivity contribution in [3.63, 3.8) is 0 Å². The first-order valence-corrected chi connectivity index (χ1v) is 8.70. The minimum Gasteiger partial charge on any atom is -0.493 e. The maximum absolute atomic E-state index is 12.4. The molecule has 1 unspecified atom stereocenters. The molecule has 4 rings (SSSR count). The molecule has 0 amide bonds. The number of methoxy groups -OCH3 is 2. The number of benzene rings is 2. The van der Waals surface area contributed by atoms with Crippen molar-refractivity contribution >= 4 is 5.97 Å². The van der Waals surface area contributed by atoms with E-state index in [1.807, 2.05) is 24.3 Å². The fourth-order valence-corrected chi connectivity index (χ4v) is 3.81. The summed E-state index contributed by atoms with van der Waals surface area (Å²) < 4.78 is 21.6. The molecule has 1 atom stereocenters. The summed E-state index contributed by atoms with van der Waals surface area (Å²) in [6, 6.07) is 9.15. The second-order valence-electron chi connectivity index (χ2n) is 6.62. The fourth-order valence-electron chi connectivity index (χ4n) is 3.81. The normalized spacial score (nSPS) is 20.1. The highest BCUT2D eigenvalue weighted by atomic mass is 16.7. The van der Waals surface area contributed by atoms with Gasteiger partial charge in [0.15, 0.2) is 23.0 Å². The van der Waals surface area contributed by atoms with Crippen LogP contribution in [0.4, 0.5) is 0 Å². The van der Waals surface area contributed by atoms with Gasteiger partial charge < -0.3 is 24.1 Å². The van der Waals surface area contributed by atoms with Gasteiger partial charge in [0.05, 0.1) is 14.2 Å². The van der Waals surface area contributed by atoms with Crippen molar-refractivity contribution in [3.8, 4) is 23.0 Å². The van der Waals surface area contributed by atoms with Crippen molar-refractivity contribution in [1.29, 1.82) is 0 Å². The summed E-state index contributed by atoms with van der Waals surface area (Å²) in [5.41, 5.74) is 1.21. The van der Waals surface area contributed by atoms with Crippen molar-refractivity contribution in [2.24, 2.45) is 0 Å². The average Bonchev–Trinajstić information content (AvgIpc) is 3.14. The van der Waals surface area contributed by atoms with Gasteiger partial charge in [0, 0.05) is 13.0 Å². The number of aliphatic carboxylic acids is 1. The first kappa shape index (κ1) is 17.5. The molecule has 2 aliphatic heterocycles. The Morgan fingerprint density at radius 2 is 1.89 bits per heavy atom. The third-order valence-corrected chi connectivity index (χ3v) is 5.16. The molecule has 2 heterocycles. The van der Waals surface area contributed by atoms with E-state index < -0.39 is 11.5 Å². The van der Waals surface area contributed by atoms with Gasteiger partial charge in [-0.3, -0.25) is 5.32 Å². The smallest absolute Gasteiger partial charge is 0.328 e. The van der Waals surface area contributed by atoms with Gasteiger partial charge in [0.25, 0.3) is 0 Å². The van der Waals surface area contributed by atoms with E-state index in [4.69, 9.17) is 18.9 Å². The molecule has 2 aromatic rings. The third kappa shape index (κ3) is 2.84. The van der Waals surface area contributed by atoms with E-state index >= 15 is 0 Å². The van der Waals surface area contributed by atoms with Crippen LogP contribution in [0.3, 0.4) is 0 Å². The number of hydrogen-bond acceptors (Lipinski definition) is 6. The molecule has 0 saturated carbocycles. The zero-order valence-corrected chi connectivity index (χ0v) is 15.2. The van der Waals surface area contributed by atoms with Crippen LogP contribution in [0, 0.1) is 0 Å². The lowest BCUT2D eigenvalue weighted by Gasteiger charge is -2.37. The van der Waals surface area contributed by atoms with Gasteiger partial charge in [-0.25, -0.2) is 4.79 Å². The van der Waals surface area contributed by atoms with Crippen LogP contribution in [-0.4, -0.2) is 38.6 Å². The molecular weight excluding hydrogens is 350 g/mol. The fraction of sp³-hybridized carbons (Fsp3) is 0.350. The SMILES string of the molecule is COc1cc2c(cc1OC)C(Cc1ccc3c(c1)OCO3)(C(=O)O)NCC2. The number of carboxylic acid groups (broad SMARTS) is 1. The van der Waals surface area contributed by atoms with E-state index in [0.717, 1.165) is 11.1 Å². The zero-order valence-electron chi connectivity index (χ0n) is 15.2. The van der Waals surface area contributed by atoms with Crippen molar-refractivity contribution in [3.05, 3.63) is 47.0 Å². The molecule has 2 aliphatic rings. The number of hydrogen-bond donors (Lipinski definition) is 2. The Labute approximate surface area is 156 Å². The Morgan fingerprint density at radius 3 is 2.63 bits per heavy atom. The summed E-state index contributed by atoms with van der Waals surface area (Å²) in [4.78, 5) is 12.4. The Hall–Kier alpha value is -2.93. The summed E-state index contributed by atoms with van der Waals surface area (Å²) >= 11 is 0. The maximum atomic E-state index is 12.4. The molecule has 2 N–H and O–H groups in total. The summed E-state index contributed by atoms with van der Waals surface area (Å²) in [6.07, 6.45) is 0.979. The first-order chi connectivity index (χ1) is 13.1. The van der Waals surface area contributed by atoms with Crippen LogP contribution in [0.25, 0.3) is 0 Å². The minimum absolute atomic E-state index is 0.181. The predicted octanol–water partition coefficient (Wildman–Crippen LogP) is 2.10. The summed E-state index contributed by atoms with van der Waals surface area (Å²) in [7, 11) is 3.11. The Kier molecular flexibility index (Phi) is 4.31. The zero-order chi connectivity index (χ0) is 19.0. The standard InChI is InChI=1S/C20H21NO6/c1-24-16-8-13-5-6-21-20(19(22)23,14(13)9-17(16)25-2)10-12-3-4-15-18(7-12)27-11-26-15/h3-4,7-9,21H,5-6,10-11H2,1-2H3,(H,22,23). The number of fused-ring (bicyclic) bond motifs is 2. The molecule has 2 aromatic carbocycles. The highest BCUT2D eigenvalue weighted by Crippen LogP contribution is 2.41. The molecule has 0 spiro atoms. The van der Waals surface area contributed by atoms with Crippen LogP contribution < -0.4 is 24.3 Å². The lowest BCUT2D eigenvalue weighted by molar-refractivity contribution is -0.145. The van der Waals surface area contributed by atoms with E-state index in [1.165, 1.54) is 0 Å². The Bertz CT molecular complexity index is 896. The molecule has 142 valence electrons. The second-order valence-corrected chi connectivity index (χ2v) is 6.62. The van der Waals surface area contributed by atoms with E-state index in [2.05, 4.69) is 5.32 Å². The molecule has 0 saturated heterocycles. The van der Waals surface area contributed by atoms with Crippen molar-refractivity contribution < 1.29 is 28.8 Å². The van der Waals surface area contributed by atoms with Gasteiger partial charge in [0.2, 0.25) is 6.79 Å². The van der Waals surface area contributed by atoms with E-state index in [-0.39, 0.29) is 13.2 Å². The molecule has 27 heavy (non-hydrogen) atoms. The van der Waals surface area contributed by atoms with Gasteiger partial charge in [-0.1, -0.05) is 6.07 Å². The van der Waals surface area contributed by atoms with Crippen LogP contribution in [0.1, 0.15) is 16.7 Å². The quantitative estimate of drug-likeness (QED) is 0.832. The molecule has 7 nitrogen and oxygen atoms in total. The third-order valence-electron chi connectivity index (χ3n) is 5.16. The highest BCUT2D eigenvalue weighted by Gasteiger charge is 2.44. The molecule has 0 radical (unpaired) electrons. The van der Waals surface area contributed by atoms with Gasteiger partial charge >= 0.3 is 5.97 Å². The highest BCUT2D eigenvalue weighted by molar-refractivity contribution is 5.83. The summed E-state index contributed by atoms with van der Waals surface area (Å²) in [5.74, 6) is 1.48. The van der Waals surface area contributed by atoms with Crippen LogP contribution in [0.5, 0.6) is 23.0 Å². The number of carbonyl (C=O) groups is 1. The van der Waals surface area contributed by atoms with Crippen molar-refractivity contribution in [2.45, 2.75) is 18.4 Å². The largest absolute Gasteiger partial charge is 0.493 e. The van der Waals surface area contributed by atoms with Crippen LogP contribution >= 0.6 is 0 Å². The molecule has 0 aromatic heterocycles. The molecule has 0 bridgehead atoms. The minimum atomic E-state index is -1.26. The van der Waals surface area contributed by atoms with E-state index in [0.29, 0.717) is 41.5 Å². The van der Waals surface area contributed by atoms with Crippen molar-refractivity contribution in [1.82, 2.24) is 5.32 Å². The van der Waals surface area contributed by atoms with Crippen LogP contribution in [0.15, 0.2) is 30.3 Å². The van der Waals surface area contributed by atoms with Gasteiger partial charge in [-0.2, -0.15) is 0 Å². The first-order valence-electron chi connectivity index (χ1n) is 8.70. The van der Waals surface area contributed by atoms with E-state index in [1.54, 1.807) is 20.3 Å². The monoisotopic (exact) mass is 371 g/mol. The predicted molar refractivity (Wildman–Crippen MR) is 96.8 cm³/mol. The second kappa shape index (κ2) is 6.66. The average molecular weight is 371 g/mol. The van der Waals surface area contributed by atoms with Crippen LogP contribution in [-0.2, 0) is 23.2 Å². The molecule has 0 fully saturated rings. The number of carboxylic acids is 1. The summed E-state index contributed by atoms with van der Waals surface area (Å²) in [5, 5.41) is 13.4. The number of nitrogens with one attached hydrogen (secondary N) is 1. The molecule has 0 aliphatic carbocycles. The topological polar surface area (TPSA) is 86.2 Å². The number of rotatable bonds is 5. The maximum Gasteiger partial charge on any atom is 0.328 e. The summed E-state index contributed by atoms with van der Waals surface area (Å²) in [6.45, 7) is 0.736. The lowest BCUT2D eigenvalue weighted by atomic mass is 9.78. The van der Waals surface area contributed by atoms with Crippen molar-refractivity contribution in [2.75, 3.05) is 27.6 Å². The molecule has 7 heteroatoms. The molecular formula is C20H21NO6. The van der Waals surface area contributed by atoms with E-state index in [9.17, 15) is 9.90 Å². The van der Waals surface area contributed by atoms with Crippen LogP contribution in [0.2, 0.25) is 0 Å². The number of ether oxygens (including phenoxy) is 4. The van der Waals surface area contributed by atoms with Gasteiger partial charge in [-0.15, -0.1) is 0 Å². The lowest BCUT2D eigenvalue weighted by Crippen LogP contribution is -2.54. The van der Waals surface area contributed by atoms with Gasteiger partial charge in [-0.05, 0) is 47.4 Å². The Morgan fingerprint density at radius 1 is 1.15 bits per heavy atom. The van der Waals surface area contributed by atoms with Gasteiger partial charge in [0.1, 0.15) is 5.54 Å². The Balaban J connectivity index is 1.80.